The number of fused-ring (bicyclic) bond motifs is 3. The first-order valence-electron chi connectivity index (χ1n) is 7.93. The number of unbranched alkanes of at least 4 members (excludes halogenated alkanes) is 1. The third-order valence-electron chi connectivity index (χ3n) is 3.96. The van der Waals surface area contributed by atoms with Gasteiger partial charge in [0, 0.05) is 0 Å². The summed E-state index contributed by atoms with van der Waals surface area (Å²) in [5.74, 6) is 0.594. The van der Waals surface area contributed by atoms with Crippen LogP contribution in [-0.4, -0.2) is 57.7 Å². The summed E-state index contributed by atoms with van der Waals surface area (Å²) in [5, 5.41) is 10.7. The van der Waals surface area contributed by atoms with Gasteiger partial charge in [0.05, 0.1) is 0 Å². The topological polar surface area (TPSA) is 97.1 Å². The number of para-hydroxylation sites is 1. The number of hydrogen-bond acceptors (Lipinski definition) is 5. The first kappa shape index (κ1) is 18.3. The minimum atomic E-state index is -3.16. The van der Waals surface area contributed by atoms with Gasteiger partial charge in [-0.2, -0.15) is 0 Å². The van der Waals surface area contributed by atoms with Crippen LogP contribution in [0.25, 0.3) is 21.9 Å². The van der Waals surface area contributed by atoms with Crippen molar-refractivity contribution in [2.24, 2.45) is 0 Å². The van der Waals surface area contributed by atoms with Crippen molar-refractivity contribution < 1.29 is 13.5 Å². The molecule has 0 unspecified atom stereocenters. The number of aliphatic hydroxyl groups is 1. The van der Waals surface area contributed by atoms with Gasteiger partial charge in [-0.3, -0.25) is 0 Å². The number of imidazole rings is 1. The Morgan fingerprint density at radius 1 is 1.24 bits per heavy atom. The van der Waals surface area contributed by atoms with E-state index in [-0.39, 0.29) is 6.61 Å². The number of aliphatic hydroxyl groups excluding tert-OH is 1. The van der Waals surface area contributed by atoms with Crippen molar-refractivity contribution in [3.63, 3.8) is 0 Å². The Kier molecular flexibility index (Phi) is 5.43. The van der Waals surface area contributed by atoms with Crippen molar-refractivity contribution in [1.82, 2.24) is 19.3 Å². The number of rotatable bonds is 7. The molecule has 0 aliphatic heterocycles. The summed E-state index contributed by atoms with van der Waals surface area (Å²) in [6.45, 7) is 0.896. The van der Waals surface area contributed by atoms with E-state index in [9.17, 15) is 13.5 Å². The summed E-state index contributed by atoms with van der Waals surface area (Å²) < 4.78 is 27.5. The number of pyridine rings is 1. The van der Waals surface area contributed by atoms with Crippen molar-refractivity contribution in [3.05, 3.63) is 30.1 Å². The second kappa shape index (κ2) is 7.41. The molecule has 0 aliphatic carbocycles. The van der Waals surface area contributed by atoms with Gasteiger partial charge in [0.1, 0.15) is 0 Å². The van der Waals surface area contributed by atoms with E-state index >= 15 is 0 Å². The molecule has 0 bridgehead atoms. The summed E-state index contributed by atoms with van der Waals surface area (Å²) in [5.41, 5.74) is 2.62. The molecule has 3 rings (SSSR count). The number of sulfonamides is 1. The summed E-state index contributed by atoms with van der Waals surface area (Å²) in [7, 11) is -3.16. The van der Waals surface area contributed by atoms with Crippen molar-refractivity contribution in [1.29, 1.82) is 0 Å². The molecule has 0 aliphatic rings. The molecule has 3 aromatic rings. The molecule has 7 nitrogen and oxygen atoms in total. The molecule has 0 saturated carbocycles. The van der Waals surface area contributed by atoms with E-state index in [1.807, 2.05) is 28.8 Å². The number of nitrogens with zero attached hydrogens (tertiary/aromatic N) is 3. The van der Waals surface area contributed by atoms with Gasteiger partial charge in [-0.05, 0) is 0 Å². The van der Waals surface area contributed by atoms with Crippen molar-refractivity contribution in [3.8, 4) is 0 Å². The van der Waals surface area contributed by atoms with E-state index in [1.54, 1.807) is 0 Å². The van der Waals surface area contributed by atoms with Crippen LogP contribution in [-0.2, 0) is 23.2 Å². The number of aromatic nitrogens is 3. The van der Waals surface area contributed by atoms with E-state index in [2.05, 4.69) is 31.5 Å². The Morgan fingerprint density at radius 3 is 2.72 bits per heavy atom. The zero-order chi connectivity index (χ0) is 18.0. The fourth-order valence-corrected chi connectivity index (χ4v) is 3.95. The molecule has 9 heteroatoms. The van der Waals surface area contributed by atoms with Crippen LogP contribution in [0.4, 0.5) is 0 Å². The number of benzene rings is 1. The molecule has 0 spiro atoms. The van der Waals surface area contributed by atoms with Crippen LogP contribution in [0.2, 0.25) is 0 Å². The number of hydrogen-bond donors (Lipinski definition) is 2. The summed E-state index contributed by atoms with van der Waals surface area (Å²) >= 11 is 2.43. The van der Waals surface area contributed by atoms with Crippen LogP contribution in [0.5, 0.6) is 0 Å². The first-order chi connectivity index (χ1) is 11.9. The van der Waals surface area contributed by atoms with Crippen LogP contribution in [0.3, 0.4) is 0 Å². The van der Waals surface area contributed by atoms with Crippen LogP contribution in [0.1, 0.15) is 18.7 Å². The van der Waals surface area contributed by atoms with E-state index in [1.165, 1.54) is 0 Å². The molecule has 0 amide bonds. The van der Waals surface area contributed by atoms with Crippen molar-refractivity contribution in [2.45, 2.75) is 26.0 Å². The van der Waals surface area contributed by atoms with E-state index in [4.69, 9.17) is 0 Å². The molecule has 1 aromatic carbocycles. The Balaban J connectivity index is 1.93. The zero-order valence-electron chi connectivity index (χ0n) is 13.8. The van der Waals surface area contributed by atoms with Crippen LogP contribution < -0.4 is 9.20 Å². The molecule has 0 saturated heterocycles. The quantitative estimate of drug-likeness (QED) is 0.419. The van der Waals surface area contributed by atoms with Gasteiger partial charge in [0.2, 0.25) is 0 Å². The maximum absolute atomic E-state index is 11.1. The Labute approximate surface area is 155 Å². The van der Waals surface area contributed by atoms with E-state index in [0.717, 1.165) is 39.1 Å². The molecule has 25 heavy (non-hydrogen) atoms. The monoisotopic (exact) mass is 422 g/mol. The molecule has 2 radical (unpaired) electrons. The molecule has 132 valence electrons. The predicted molar refractivity (Wildman–Crippen MR) is 98.4 cm³/mol. The van der Waals surface area contributed by atoms with Crippen LogP contribution in [0.15, 0.2) is 24.3 Å². The minimum absolute atomic E-state index is 0.156. The maximum atomic E-state index is 11.1. The van der Waals surface area contributed by atoms with Gasteiger partial charge < -0.3 is 0 Å². The molecular weight excluding hydrogens is 403 g/mol. The standard InChI is InChI=1S/C16H19AsN4O3S/c1-25(23,24)18-8-4-5-9-21-13(10-22)20-14-15(21)11-6-2-3-7-12(11)19-16(14)17/h2-3,6-7,18,22H,4-5,8-10H2,1H3. The molecular formula is C16H19AsN4O3S. The van der Waals surface area contributed by atoms with Gasteiger partial charge >= 0.3 is 155 Å². The normalized spacial score (nSPS) is 12.3. The fraction of sp³-hybridized carbons (Fsp3) is 0.375. The molecule has 2 N–H and O–H groups in total. The summed E-state index contributed by atoms with van der Waals surface area (Å²) in [6, 6.07) is 7.86. The third-order valence-corrected chi connectivity index (χ3v) is 5.34. The van der Waals surface area contributed by atoms with Gasteiger partial charge in [0.15, 0.2) is 0 Å². The Hall–Kier alpha value is -1.47. The van der Waals surface area contributed by atoms with Crippen LogP contribution in [0, 0.1) is 0 Å². The second-order valence-corrected chi connectivity index (χ2v) is 8.58. The first-order valence-corrected chi connectivity index (χ1v) is 10.8. The molecule has 2 aromatic heterocycles. The predicted octanol–water partition coefficient (Wildman–Crippen LogP) is 0.200. The SMILES string of the molecule is CS(=O)(=O)NCCCCn1c(CO)nc2c([As])nc3ccccc3c21. The summed E-state index contributed by atoms with van der Waals surface area (Å²) in [6.07, 6.45) is 2.63. The number of aryl methyl sites for hydroxylation is 1. The average Bonchev–Trinajstić information content (AvgIpc) is 2.93. The molecule has 0 fully saturated rings. The molecule has 2 heterocycles. The van der Waals surface area contributed by atoms with Crippen LogP contribution >= 0.6 is 0 Å². The van der Waals surface area contributed by atoms with Crippen molar-refractivity contribution >= 4 is 53.3 Å². The summed E-state index contributed by atoms with van der Waals surface area (Å²) in [4.78, 5) is 9.11. The van der Waals surface area contributed by atoms with Crippen molar-refractivity contribution in [2.75, 3.05) is 12.8 Å². The van der Waals surface area contributed by atoms with Gasteiger partial charge in [0.25, 0.3) is 0 Å². The van der Waals surface area contributed by atoms with Gasteiger partial charge in [-0.15, -0.1) is 0 Å². The van der Waals surface area contributed by atoms with E-state index in [0.29, 0.717) is 25.3 Å². The molecule has 0 atom stereocenters. The van der Waals surface area contributed by atoms with E-state index < -0.39 is 10.0 Å². The fourth-order valence-electron chi connectivity index (χ4n) is 2.88. The third kappa shape index (κ3) is 4.03. The van der Waals surface area contributed by atoms with Gasteiger partial charge in [-0.25, -0.2) is 0 Å². The average molecular weight is 422 g/mol. The zero-order valence-corrected chi connectivity index (χ0v) is 16.5. The number of nitrogens with one attached hydrogen (secondary N) is 1. The Bertz CT molecular complexity index is 1020. The Morgan fingerprint density at radius 2 is 2.00 bits per heavy atom. The second-order valence-electron chi connectivity index (χ2n) is 5.86. The van der Waals surface area contributed by atoms with Gasteiger partial charge in [-0.1, -0.05) is 0 Å².